The van der Waals surface area contributed by atoms with Gasteiger partial charge in [0.2, 0.25) is 0 Å². The monoisotopic (exact) mass is 317 g/mol. The molecule has 0 heterocycles. The topological polar surface area (TPSA) is 64.6 Å². The van der Waals surface area contributed by atoms with Crippen molar-refractivity contribution in [3.05, 3.63) is 48.0 Å². The molecule has 1 aliphatic rings. The summed E-state index contributed by atoms with van der Waals surface area (Å²) in [4.78, 5) is 23.8. The van der Waals surface area contributed by atoms with Crippen LogP contribution in [0.25, 0.3) is 0 Å². The zero-order valence-corrected chi connectivity index (χ0v) is 13.7. The number of benzene rings is 1. The first kappa shape index (κ1) is 17.1. The van der Waals surface area contributed by atoms with Gasteiger partial charge in [-0.05, 0) is 32.8 Å². The first-order chi connectivity index (χ1) is 10.8. The van der Waals surface area contributed by atoms with Gasteiger partial charge in [-0.25, -0.2) is 4.79 Å². The molecular weight excluding hydrogens is 294 g/mol. The second-order valence-electron chi connectivity index (χ2n) is 6.57. The van der Waals surface area contributed by atoms with Gasteiger partial charge >= 0.3 is 12.1 Å². The van der Waals surface area contributed by atoms with Crippen LogP contribution in [0.4, 0.5) is 4.79 Å². The summed E-state index contributed by atoms with van der Waals surface area (Å²) in [5.41, 5.74) is 0.418. The number of hydrogen-bond donors (Lipinski definition) is 1. The van der Waals surface area contributed by atoms with Crippen LogP contribution < -0.4 is 5.32 Å². The number of hydrogen-bond acceptors (Lipinski definition) is 4. The summed E-state index contributed by atoms with van der Waals surface area (Å²) in [5.74, 6) is -0.593. The summed E-state index contributed by atoms with van der Waals surface area (Å²) in [6, 6.07) is 9.26. The molecule has 0 bridgehead atoms. The Hall–Kier alpha value is -2.30. The Morgan fingerprint density at radius 2 is 1.87 bits per heavy atom. The Labute approximate surface area is 136 Å². The zero-order valence-electron chi connectivity index (χ0n) is 13.7. The van der Waals surface area contributed by atoms with Crippen molar-refractivity contribution in [3.63, 3.8) is 0 Å². The first-order valence-corrected chi connectivity index (χ1v) is 7.72. The van der Waals surface area contributed by atoms with Crippen LogP contribution >= 0.6 is 0 Å². The molecule has 1 aromatic rings. The fraction of sp³-hybridized carbons (Fsp3) is 0.444. The van der Waals surface area contributed by atoms with E-state index in [0.29, 0.717) is 6.42 Å². The molecule has 0 aliphatic heterocycles. The summed E-state index contributed by atoms with van der Waals surface area (Å²) in [6.07, 6.45) is 3.58. The van der Waals surface area contributed by atoms with Gasteiger partial charge in [-0.15, -0.1) is 0 Å². The van der Waals surface area contributed by atoms with E-state index in [1.165, 1.54) is 0 Å². The molecule has 0 aromatic heterocycles. The standard InChI is InChI=1S/C18H23NO4/c1-18(2,3)23-16(20)14-9-10-15(11-14)19-17(21)22-12-13-7-5-4-6-8-13/h4-10,14-15H,11-12H2,1-3H3,(H,19,21)/t14-,15+/m0/s1. The maximum absolute atomic E-state index is 12.0. The smallest absolute Gasteiger partial charge is 0.407 e. The second-order valence-corrected chi connectivity index (χ2v) is 6.57. The lowest BCUT2D eigenvalue weighted by Crippen LogP contribution is -2.34. The summed E-state index contributed by atoms with van der Waals surface area (Å²) >= 11 is 0. The number of amides is 1. The molecule has 5 heteroatoms. The van der Waals surface area contributed by atoms with Crippen LogP contribution in [-0.4, -0.2) is 23.7 Å². The van der Waals surface area contributed by atoms with Gasteiger partial charge in [0.25, 0.3) is 0 Å². The summed E-state index contributed by atoms with van der Waals surface area (Å²) in [6.45, 7) is 5.72. The van der Waals surface area contributed by atoms with Gasteiger partial charge in [0, 0.05) is 0 Å². The van der Waals surface area contributed by atoms with Gasteiger partial charge in [-0.1, -0.05) is 42.5 Å². The molecule has 23 heavy (non-hydrogen) atoms. The van der Waals surface area contributed by atoms with Crippen molar-refractivity contribution in [2.75, 3.05) is 0 Å². The Morgan fingerprint density at radius 1 is 1.17 bits per heavy atom. The molecule has 0 saturated carbocycles. The van der Waals surface area contributed by atoms with Crippen LogP contribution in [0.3, 0.4) is 0 Å². The molecule has 0 saturated heterocycles. The molecule has 1 amide bonds. The van der Waals surface area contributed by atoms with Crippen LogP contribution in [0.15, 0.2) is 42.5 Å². The van der Waals surface area contributed by atoms with Gasteiger partial charge in [-0.2, -0.15) is 0 Å². The molecule has 1 N–H and O–H groups in total. The van der Waals surface area contributed by atoms with Crippen molar-refractivity contribution in [2.24, 2.45) is 5.92 Å². The average Bonchev–Trinajstić information content (AvgIpc) is 2.93. The molecule has 1 aromatic carbocycles. The fourth-order valence-corrected chi connectivity index (χ4v) is 2.27. The molecule has 0 radical (unpaired) electrons. The quantitative estimate of drug-likeness (QED) is 0.684. The minimum atomic E-state index is -0.509. The number of carbonyl (C=O) groups is 2. The van der Waals surface area contributed by atoms with Crippen LogP contribution in [0.1, 0.15) is 32.8 Å². The Balaban J connectivity index is 1.74. The van der Waals surface area contributed by atoms with E-state index in [0.717, 1.165) is 5.56 Å². The lowest BCUT2D eigenvalue weighted by molar-refractivity contribution is -0.158. The number of esters is 1. The minimum absolute atomic E-state index is 0.212. The fourth-order valence-electron chi connectivity index (χ4n) is 2.27. The number of rotatable bonds is 4. The van der Waals surface area contributed by atoms with Crippen molar-refractivity contribution >= 4 is 12.1 Å². The zero-order chi connectivity index (χ0) is 16.9. The normalized spacial score (nSPS) is 20.1. The third-order valence-electron chi connectivity index (χ3n) is 3.31. The van der Waals surface area contributed by atoms with E-state index in [1.54, 1.807) is 12.2 Å². The highest BCUT2D eigenvalue weighted by molar-refractivity contribution is 5.76. The molecule has 5 nitrogen and oxygen atoms in total. The Kier molecular flexibility index (Phi) is 5.42. The third-order valence-corrected chi connectivity index (χ3v) is 3.31. The molecule has 0 fully saturated rings. The highest BCUT2D eigenvalue weighted by Crippen LogP contribution is 2.22. The van der Waals surface area contributed by atoms with Crippen molar-refractivity contribution in [1.82, 2.24) is 5.32 Å². The van der Waals surface area contributed by atoms with E-state index in [2.05, 4.69) is 5.32 Å². The van der Waals surface area contributed by atoms with Crippen LogP contribution in [0, 0.1) is 5.92 Å². The molecule has 2 atom stereocenters. The maximum Gasteiger partial charge on any atom is 0.407 e. The van der Waals surface area contributed by atoms with Gasteiger partial charge in [-0.3, -0.25) is 4.79 Å². The molecule has 0 spiro atoms. The predicted octanol–water partition coefficient (Wildman–Crippen LogP) is 3.20. The van der Waals surface area contributed by atoms with Crippen LogP contribution in [0.5, 0.6) is 0 Å². The van der Waals surface area contributed by atoms with Gasteiger partial charge in [0.15, 0.2) is 0 Å². The molecule has 124 valence electrons. The lowest BCUT2D eigenvalue weighted by Gasteiger charge is -2.22. The van der Waals surface area contributed by atoms with Gasteiger partial charge in [0.05, 0.1) is 12.0 Å². The lowest BCUT2D eigenvalue weighted by atomic mass is 10.1. The third kappa shape index (κ3) is 5.77. The van der Waals surface area contributed by atoms with Gasteiger partial charge in [0.1, 0.15) is 12.2 Å². The number of ether oxygens (including phenoxy) is 2. The Morgan fingerprint density at radius 3 is 2.52 bits per heavy atom. The van der Waals surface area contributed by atoms with Crippen LogP contribution in [0.2, 0.25) is 0 Å². The van der Waals surface area contributed by atoms with Crippen LogP contribution in [-0.2, 0) is 20.9 Å². The van der Waals surface area contributed by atoms with Crippen molar-refractivity contribution in [2.45, 2.75) is 45.4 Å². The maximum atomic E-state index is 12.0. The van der Waals surface area contributed by atoms with Crippen molar-refractivity contribution in [3.8, 4) is 0 Å². The largest absolute Gasteiger partial charge is 0.460 e. The number of nitrogens with one attached hydrogen (secondary N) is 1. The summed E-state index contributed by atoms with van der Waals surface area (Å²) in [5, 5.41) is 2.74. The Bertz CT molecular complexity index is 574. The van der Waals surface area contributed by atoms with E-state index < -0.39 is 11.7 Å². The SMILES string of the molecule is CC(C)(C)OC(=O)[C@H]1C=C[C@@H](NC(=O)OCc2ccccc2)C1. The van der Waals surface area contributed by atoms with E-state index in [9.17, 15) is 9.59 Å². The first-order valence-electron chi connectivity index (χ1n) is 7.72. The van der Waals surface area contributed by atoms with E-state index in [1.807, 2.05) is 51.1 Å². The molecule has 2 rings (SSSR count). The number of alkyl carbamates (subject to hydrolysis) is 1. The number of carbonyl (C=O) groups excluding carboxylic acids is 2. The average molecular weight is 317 g/mol. The van der Waals surface area contributed by atoms with E-state index in [-0.39, 0.29) is 24.5 Å². The predicted molar refractivity (Wildman–Crippen MR) is 86.6 cm³/mol. The molecule has 1 aliphatic carbocycles. The second kappa shape index (κ2) is 7.31. The summed E-state index contributed by atoms with van der Waals surface area (Å²) < 4.78 is 10.5. The van der Waals surface area contributed by atoms with Gasteiger partial charge < -0.3 is 14.8 Å². The minimum Gasteiger partial charge on any atom is -0.460 e. The van der Waals surface area contributed by atoms with Crippen molar-refractivity contribution in [1.29, 1.82) is 0 Å². The van der Waals surface area contributed by atoms with E-state index in [4.69, 9.17) is 9.47 Å². The molecule has 0 unspecified atom stereocenters. The molecular formula is C18H23NO4. The highest BCUT2D eigenvalue weighted by Gasteiger charge is 2.29. The van der Waals surface area contributed by atoms with Crippen molar-refractivity contribution < 1.29 is 19.1 Å². The summed E-state index contributed by atoms with van der Waals surface area (Å²) in [7, 11) is 0. The van der Waals surface area contributed by atoms with E-state index >= 15 is 0 Å². The highest BCUT2D eigenvalue weighted by atomic mass is 16.6.